The van der Waals surface area contributed by atoms with E-state index >= 15 is 0 Å². The highest BCUT2D eigenvalue weighted by atomic mass is 32.2. The number of phenolic OH excluding ortho intramolecular Hbond substituents is 1. The molecule has 0 unspecified atom stereocenters. The normalized spacial score (nSPS) is 12.1. The average Bonchev–Trinajstić information content (AvgIpc) is 3.12. The predicted molar refractivity (Wildman–Crippen MR) is 205 cm³/mol. The molecule has 0 fully saturated rings. The summed E-state index contributed by atoms with van der Waals surface area (Å²) in [6, 6.07) is 15.7. The van der Waals surface area contributed by atoms with Gasteiger partial charge in [-0.3, -0.25) is 0 Å². The van der Waals surface area contributed by atoms with Gasteiger partial charge < -0.3 is 9.84 Å². The van der Waals surface area contributed by atoms with Gasteiger partial charge in [0.1, 0.15) is 11.4 Å². The number of azo groups is 1. The van der Waals surface area contributed by atoms with Crippen molar-refractivity contribution in [3.8, 4) is 11.5 Å². The molecular formula is C41H63N3O4S. The first kappa shape index (κ1) is 40.5. The molecule has 0 bridgehead atoms. The lowest BCUT2D eigenvalue weighted by Gasteiger charge is -2.24. The van der Waals surface area contributed by atoms with Gasteiger partial charge in [-0.05, 0) is 43.2 Å². The third-order valence-corrected chi connectivity index (χ3v) is 11.4. The molecule has 0 aliphatic carbocycles. The molecule has 7 nitrogen and oxygen atoms in total. The minimum atomic E-state index is -3.88. The lowest BCUT2D eigenvalue weighted by Crippen LogP contribution is -2.33. The van der Waals surface area contributed by atoms with E-state index in [2.05, 4.69) is 24.1 Å². The zero-order chi connectivity index (χ0) is 35.2. The van der Waals surface area contributed by atoms with Crippen LogP contribution in [0.1, 0.15) is 142 Å². The molecule has 1 N–H and O–H groups in total. The van der Waals surface area contributed by atoms with Crippen LogP contribution in [0.5, 0.6) is 11.5 Å². The molecule has 0 spiro atoms. The summed E-state index contributed by atoms with van der Waals surface area (Å²) in [6.45, 7) is 5.48. The molecule has 0 amide bonds. The van der Waals surface area contributed by atoms with Crippen LogP contribution in [0.15, 0.2) is 69.7 Å². The minimum Gasteiger partial charge on any atom is -0.505 e. The Hall–Kier alpha value is -2.97. The maximum Gasteiger partial charge on any atom is 0.243 e. The number of aromatic hydroxyl groups is 1. The predicted octanol–water partition coefficient (Wildman–Crippen LogP) is 12.8. The molecule has 0 aliphatic rings. The summed E-state index contributed by atoms with van der Waals surface area (Å²) in [5.41, 5.74) is 0.701. The SMILES string of the molecule is CCCCCCCCCCCCN(CCCCCCCCCCCC)S(=O)(=O)c1cc(/N=N/c2ccc(OC)cc2)c(O)c2ccccc12. The van der Waals surface area contributed by atoms with Crippen LogP contribution >= 0.6 is 0 Å². The maximum atomic E-state index is 14.5. The molecule has 3 rings (SSSR count). The highest BCUT2D eigenvalue weighted by Crippen LogP contribution is 2.40. The highest BCUT2D eigenvalue weighted by molar-refractivity contribution is 7.89. The fourth-order valence-corrected chi connectivity index (χ4v) is 8.14. The third kappa shape index (κ3) is 14.1. The maximum absolute atomic E-state index is 14.5. The topological polar surface area (TPSA) is 91.6 Å². The Balaban J connectivity index is 1.73. The molecule has 49 heavy (non-hydrogen) atoms. The number of nitrogens with zero attached hydrogens (tertiary/aromatic N) is 3. The number of fused-ring (bicyclic) bond motifs is 1. The average molecular weight is 694 g/mol. The van der Waals surface area contributed by atoms with Crippen LogP contribution in [0.4, 0.5) is 11.4 Å². The van der Waals surface area contributed by atoms with Gasteiger partial charge in [-0.15, -0.1) is 5.11 Å². The van der Waals surface area contributed by atoms with Crippen LogP contribution < -0.4 is 4.74 Å². The van der Waals surface area contributed by atoms with E-state index in [-0.39, 0.29) is 16.3 Å². The van der Waals surface area contributed by atoms with Crippen molar-refractivity contribution in [3.63, 3.8) is 0 Å². The van der Waals surface area contributed by atoms with Crippen LogP contribution in [-0.4, -0.2) is 38.0 Å². The van der Waals surface area contributed by atoms with Crippen molar-refractivity contribution in [1.29, 1.82) is 0 Å². The molecule has 0 aromatic heterocycles. The Morgan fingerprint density at radius 2 is 1.06 bits per heavy atom. The summed E-state index contributed by atoms with van der Waals surface area (Å²) in [5.74, 6) is 0.619. The van der Waals surface area contributed by atoms with E-state index in [0.29, 0.717) is 35.3 Å². The highest BCUT2D eigenvalue weighted by Gasteiger charge is 2.28. The van der Waals surface area contributed by atoms with Gasteiger partial charge in [-0.25, -0.2) is 8.42 Å². The van der Waals surface area contributed by atoms with Gasteiger partial charge >= 0.3 is 0 Å². The van der Waals surface area contributed by atoms with Gasteiger partial charge in [0, 0.05) is 23.9 Å². The van der Waals surface area contributed by atoms with Crippen molar-refractivity contribution in [2.24, 2.45) is 10.2 Å². The molecular weight excluding hydrogens is 631 g/mol. The second kappa shape index (κ2) is 23.4. The molecule has 3 aromatic carbocycles. The molecule has 0 saturated heterocycles. The van der Waals surface area contributed by atoms with E-state index in [1.165, 1.54) is 96.0 Å². The standard InChI is InChI=1S/C41H63N3O4S/c1-4-6-8-10-12-14-16-18-20-24-32-44(33-25-21-19-17-15-13-11-9-7-5-2)49(46,47)40-34-39(41(45)38-27-23-22-26-37(38)40)43-42-35-28-30-36(48-3)31-29-35/h22-23,26-31,34,45H,4-21,24-25,32-33H2,1-3H3/b43-42+. The molecule has 0 atom stereocenters. The Kier molecular flexibility index (Phi) is 19.4. The number of rotatable bonds is 27. The largest absolute Gasteiger partial charge is 0.505 e. The fourth-order valence-electron chi connectivity index (χ4n) is 6.41. The summed E-state index contributed by atoms with van der Waals surface area (Å²) >= 11 is 0. The summed E-state index contributed by atoms with van der Waals surface area (Å²) in [7, 11) is -2.28. The molecule has 0 heterocycles. The van der Waals surface area contributed by atoms with Gasteiger partial charge in [0.05, 0.1) is 17.7 Å². The summed E-state index contributed by atoms with van der Waals surface area (Å²) in [4.78, 5) is 0.170. The number of benzene rings is 3. The molecule has 8 heteroatoms. The van der Waals surface area contributed by atoms with Crippen LogP contribution in [0.25, 0.3) is 10.8 Å². The second-order valence-corrected chi connectivity index (χ2v) is 15.4. The van der Waals surface area contributed by atoms with Gasteiger partial charge in [-0.1, -0.05) is 154 Å². The van der Waals surface area contributed by atoms with E-state index in [0.717, 1.165) is 38.5 Å². The van der Waals surface area contributed by atoms with Gasteiger partial charge in [0.25, 0.3) is 0 Å². The van der Waals surface area contributed by atoms with E-state index in [1.54, 1.807) is 53.9 Å². The minimum absolute atomic E-state index is 0.0808. The van der Waals surface area contributed by atoms with Crippen molar-refractivity contribution in [3.05, 3.63) is 54.6 Å². The monoisotopic (exact) mass is 693 g/mol. The Labute approximate surface area is 297 Å². The number of methoxy groups -OCH3 is 1. The van der Waals surface area contributed by atoms with Crippen molar-refractivity contribution < 1.29 is 18.3 Å². The van der Waals surface area contributed by atoms with Crippen molar-refractivity contribution >= 4 is 32.2 Å². The summed E-state index contributed by atoms with van der Waals surface area (Å²) in [5, 5.41) is 20.7. The first-order valence-corrected chi connectivity index (χ1v) is 20.7. The lowest BCUT2D eigenvalue weighted by atomic mass is 10.1. The number of unbranched alkanes of at least 4 members (excludes halogenated alkanes) is 18. The number of hydrogen-bond donors (Lipinski definition) is 1. The molecule has 0 aliphatic heterocycles. The number of sulfonamides is 1. The van der Waals surface area contributed by atoms with Crippen LogP contribution in [-0.2, 0) is 10.0 Å². The van der Waals surface area contributed by atoms with E-state index in [4.69, 9.17) is 4.74 Å². The number of ether oxygens (including phenoxy) is 1. The Bertz CT molecular complexity index is 1450. The molecule has 0 radical (unpaired) electrons. The van der Waals surface area contributed by atoms with Gasteiger partial charge in [0.15, 0.2) is 5.75 Å². The Morgan fingerprint density at radius 3 is 1.53 bits per heavy atom. The van der Waals surface area contributed by atoms with Crippen molar-refractivity contribution in [2.45, 2.75) is 147 Å². The Morgan fingerprint density at radius 1 is 0.612 bits per heavy atom. The van der Waals surface area contributed by atoms with Crippen molar-refractivity contribution in [2.75, 3.05) is 20.2 Å². The van der Waals surface area contributed by atoms with Gasteiger partial charge in [0.2, 0.25) is 10.0 Å². The quantitative estimate of drug-likeness (QED) is 0.0635. The fraction of sp³-hybridized carbons (Fsp3) is 0.610. The summed E-state index contributed by atoms with van der Waals surface area (Å²) < 4.78 is 35.9. The third-order valence-electron chi connectivity index (χ3n) is 9.44. The zero-order valence-corrected chi connectivity index (χ0v) is 31.5. The summed E-state index contributed by atoms with van der Waals surface area (Å²) in [6.07, 6.45) is 24.0. The van der Waals surface area contributed by atoms with Crippen molar-refractivity contribution in [1.82, 2.24) is 4.31 Å². The number of phenols is 1. The number of hydrogen-bond acceptors (Lipinski definition) is 6. The van der Waals surface area contributed by atoms with E-state index < -0.39 is 10.0 Å². The van der Waals surface area contributed by atoms with Gasteiger partial charge in [-0.2, -0.15) is 9.42 Å². The first-order chi connectivity index (χ1) is 23.9. The van der Waals surface area contributed by atoms with Crippen LogP contribution in [0.2, 0.25) is 0 Å². The van der Waals surface area contributed by atoms with Crippen LogP contribution in [0, 0.1) is 0 Å². The smallest absolute Gasteiger partial charge is 0.243 e. The lowest BCUT2D eigenvalue weighted by molar-refractivity contribution is 0.383. The molecule has 272 valence electrons. The van der Waals surface area contributed by atoms with E-state index in [9.17, 15) is 13.5 Å². The van der Waals surface area contributed by atoms with Crippen LogP contribution in [0.3, 0.4) is 0 Å². The second-order valence-electron chi connectivity index (χ2n) is 13.5. The molecule has 0 saturated carbocycles. The first-order valence-electron chi connectivity index (χ1n) is 19.2. The molecule has 3 aromatic rings. The van der Waals surface area contributed by atoms with E-state index in [1.807, 2.05) is 6.07 Å². The zero-order valence-electron chi connectivity index (χ0n) is 30.7.